The number of ether oxygens (including phenoxy) is 1. The van der Waals surface area contributed by atoms with Gasteiger partial charge in [0.2, 0.25) is 0 Å². The van der Waals surface area contributed by atoms with Crippen molar-refractivity contribution in [2.24, 2.45) is 0 Å². The van der Waals surface area contributed by atoms with Crippen molar-refractivity contribution >= 4 is 34.8 Å². The van der Waals surface area contributed by atoms with Gasteiger partial charge < -0.3 is 14.5 Å². The standard InChI is InChI=1S/C12H9Cl2NO3/c1-17-7-2-3-8(13)9(6-7)15-12(16)10-4-5-11(14)18-10/h2-6H,1H3,(H,15,16). The summed E-state index contributed by atoms with van der Waals surface area (Å²) < 4.78 is 10.0. The molecule has 18 heavy (non-hydrogen) atoms. The number of rotatable bonds is 3. The smallest absolute Gasteiger partial charge is 0.291 e. The molecular weight excluding hydrogens is 277 g/mol. The number of anilines is 1. The van der Waals surface area contributed by atoms with Gasteiger partial charge in [-0.15, -0.1) is 0 Å². The van der Waals surface area contributed by atoms with E-state index in [2.05, 4.69) is 5.32 Å². The fourth-order valence-electron chi connectivity index (χ4n) is 1.35. The van der Waals surface area contributed by atoms with Crippen molar-refractivity contribution in [1.82, 2.24) is 0 Å². The minimum Gasteiger partial charge on any atom is -0.497 e. The average Bonchev–Trinajstić information content (AvgIpc) is 2.79. The third-order valence-electron chi connectivity index (χ3n) is 2.22. The summed E-state index contributed by atoms with van der Waals surface area (Å²) >= 11 is 11.6. The van der Waals surface area contributed by atoms with E-state index in [9.17, 15) is 4.79 Å². The van der Waals surface area contributed by atoms with Gasteiger partial charge in [0, 0.05) is 6.07 Å². The molecule has 1 aromatic heterocycles. The van der Waals surface area contributed by atoms with Gasteiger partial charge in [0.1, 0.15) is 5.75 Å². The van der Waals surface area contributed by atoms with E-state index in [1.54, 1.807) is 18.2 Å². The quantitative estimate of drug-likeness (QED) is 0.932. The van der Waals surface area contributed by atoms with Crippen LogP contribution < -0.4 is 10.1 Å². The Labute approximate surface area is 113 Å². The molecule has 6 heteroatoms. The van der Waals surface area contributed by atoms with Gasteiger partial charge in [-0.2, -0.15) is 0 Å². The molecule has 94 valence electrons. The van der Waals surface area contributed by atoms with Crippen LogP contribution in [-0.4, -0.2) is 13.0 Å². The van der Waals surface area contributed by atoms with E-state index in [1.165, 1.54) is 19.2 Å². The SMILES string of the molecule is COc1ccc(Cl)c(NC(=O)c2ccc(Cl)o2)c1. The topological polar surface area (TPSA) is 51.5 Å². The summed E-state index contributed by atoms with van der Waals surface area (Å²) in [4.78, 5) is 11.8. The van der Waals surface area contributed by atoms with Crippen LogP contribution in [0.2, 0.25) is 10.2 Å². The summed E-state index contributed by atoms with van der Waals surface area (Å²) in [6, 6.07) is 7.91. The van der Waals surface area contributed by atoms with Crippen molar-refractivity contribution in [3.8, 4) is 5.75 Å². The number of carbonyl (C=O) groups excluding carboxylic acids is 1. The van der Waals surface area contributed by atoms with Crippen molar-refractivity contribution < 1.29 is 13.9 Å². The number of amides is 1. The van der Waals surface area contributed by atoms with Crippen LogP contribution in [0.25, 0.3) is 0 Å². The van der Waals surface area contributed by atoms with Gasteiger partial charge >= 0.3 is 0 Å². The third kappa shape index (κ3) is 2.78. The zero-order valence-corrected chi connectivity index (χ0v) is 10.9. The monoisotopic (exact) mass is 285 g/mol. The van der Waals surface area contributed by atoms with E-state index in [0.29, 0.717) is 16.5 Å². The van der Waals surface area contributed by atoms with Crippen LogP contribution in [0, 0.1) is 0 Å². The lowest BCUT2D eigenvalue weighted by molar-refractivity contribution is 0.0997. The predicted molar refractivity (Wildman–Crippen MR) is 69.7 cm³/mol. The van der Waals surface area contributed by atoms with Crippen LogP contribution in [0.3, 0.4) is 0 Å². The molecule has 0 spiro atoms. The molecule has 2 rings (SSSR count). The van der Waals surface area contributed by atoms with Crippen LogP contribution in [0.4, 0.5) is 5.69 Å². The molecule has 0 saturated carbocycles. The highest BCUT2D eigenvalue weighted by atomic mass is 35.5. The Hall–Kier alpha value is -1.65. The Balaban J connectivity index is 2.21. The van der Waals surface area contributed by atoms with Crippen LogP contribution in [0.15, 0.2) is 34.7 Å². The number of halogens is 2. The zero-order chi connectivity index (χ0) is 13.1. The maximum atomic E-state index is 11.8. The molecule has 1 N–H and O–H groups in total. The number of nitrogens with one attached hydrogen (secondary N) is 1. The van der Waals surface area contributed by atoms with Gasteiger partial charge in [-0.25, -0.2) is 0 Å². The molecule has 0 atom stereocenters. The molecule has 0 fully saturated rings. The minimum absolute atomic E-state index is 0.110. The first-order chi connectivity index (χ1) is 8.60. The maximum absolute atomic E-state index is 11.8. The highest BCUT2D eigenvalue weighted by Gasteiger charge is 2.13. The van der Waals surface area contributed by atoms with Gasteiger partial charge in [0.15, 0.2) is 11.0 Å². The number of furan rings is 1. The predicted octanol–water partition coefficient (Wildman–Crippen LogP) is 3.85. The van der Waals surface area contributed by atoms with Crippen molar-refractivity contribution in [2.75, 3.05) is 12.4 Å². The van der Waals surface area contributed by atoms with E-state index in [0.717, 1.165) is 0 Å². The molecule has 0 radical (unpaired) electrons. The van der Waals surface area contributed by atoms with Gasteiger partial charge in [-0.3, -0.25) is 4.79 Å². The van der Waals surface area contributed by atoms with E-state index in [1.807, 2.05) is 0 Å². The largest absolute Gasteiger partial charge is 0.497 e. The lowest BCUT2D eigenvalue weighted by Crippen LogP contribution is -2.11. The zero-order valence-electron chi connectivity index (χ0n) is 9.37. The van der Waals surface area contributed by atoms with Crippen LogP contribution in [-0.2, 0) is 0 Å². The summed E-state index contributed by atoms with van der Waals surface area (Å²) in [5, 5.41) is 3.17. The van der Waals surface area contributed by atoms with E-state index < -0.39 is 5.91 Å². The first kappa shape index (κ1) is 12.8. The molecular formula is C12H9Cl2NO3. The Kier molecular flexibility index (Phi) is 3.79. The van der Waals surface area contributed by atoms with Crippen LogP contribution in [0.5, 0.6) is 5.75 Å². The molecule has 0 bridgehead atoms. The Bertz CT molecular complexity index is 580. The van der Waals surface area contributed by atoms with Crippen molar-refractivity contribution in [2.45, 2.75) is 0 Å². The van der Waals surface area contributed by atoms with Gasteiger partial charge in [-0.1, -0.05) is 11.6 Å². The van der Waals surface area contributed by atoms with Gasteiger partial charge in [-0.05, 0) is 35.9 Å². The van der Waals surface area contributed by atoms with E-state index in [-0.39, 0.29) is 11.0 Å². The molecule has 0 saturated heterocycles. The number of carbonyl (C=O) groups is 1. The van der Waals surface area contributed by atoms with Gasteiger partial charge in [0.05, 0.1) is 17.8 Å². The Morgan fingerprint density at radius 3 is 2.67 bits per heavy atom. The number of benzene rings is 1. The van der Waals surface area contributed by atoms with Crippen LogP contribution >= 0.6 is 23.2 Å². The van der Waals surface area contributed by atoms with Crippen LogP contribution in [0.1, 0.15) is 10.6 Å². The first-order valence-corrected chi connectivity index (χ1v) is 5.76. The molecule has 0 unspecified atom stereocenters. The second-order valence-electron chi connectivity index (χ2n) is 3.40. The number of methoxy groups -OCH3 is 1. The molecule has 1 aromatic carbocycles. The maximum Gasteiger partial charge on any atom is 0.291 e. The van der Waals surface area contributed by atoms with Crippen molar-refractivity contribution in [3.63, 3.8) is 0 Å². The molecule has 4 nitrogen and oxygen atoms in total. The average molecular weight is 286 g/mol. The first-order valence-electron chi connectivity index (χ1n) is 5.00. The summed E-state index contributed by atoms with van der Waals surface area (Å²) in [6.07, 6.45) is 0. The Morgan fingerprint density at radius 1 is 1.28 bits per heavy atom. The fraction of sp³-hybridized carbons (Fsp3) is 0.0833. The van der Waals surface area contributed by atoms with Crippen molar-refractivity contribution in [3.05, 3.63) is 46.3 Å². The number of hydrogen-bond acceptors (Lipinski definition) is 3. The van der Waals surface area contributed by atoms with Crippen molar-refractivity contribution in [1.29, 1.82) is 0 Å². The highest BCUT2D eigenvalue weighted by Crippen LogP contribution is 2.27. The lowest BCUT2D eigenvalue weighted by Gasteiger charge is -2.07. The molecule has 1 heterocycles. The van der Waals surface area contributed by atoms with Gasteiger partial charge in [0.25, 0.3) is 5.91 Å². The molecule has 0 aliphatic carbocycles. The summed E-state index contributed by atoms with van der Waals surface area (Å²) in [7, 11) is 1.53. The second-order valence-corrected chi connectivity index (χ2v) is 4.18. The third-order valence-corrected chi connectivity index (χ3v) is 2.75. The normalized spacial score (nSPS) is 10.2. The lowest BCUT2D eigenvalue weighted by atomic mass is 10.3. The molecule has 1 amide bonds. The van der Waals surface area contributed by atoms with E-state index in [4.69, 9.17) is 32.4 Å². The second kappa shape index (κ2) is 5.33. The molecule has 0 aliphatic heterocycles. The Morgan fingerprint density at radius 2 is 2.06 bits per heavy atom. The minimum atomic E-state index is -0.433. The highest BCUT2D eigenvalue weighted by molar-refractivity contribution is 6.34. The fourth-order valence-corrected chi connectivity index (χ4v) is 1.66. The number of hydrogen-bond donors (Lipinski definition) is 1. The van der Waals surface area contributed by atoms with E-state index >= 15 is 0 Å². The summed E-state index contributed by atoms with van der Waals surface area (Å²) in [5.41, 5.74) is 0.438. The molecule has 2 aromatic rings. The molecule has 0 aliphatic rings. The summed E-state index contributed by atoms with van der Waals surface area (Å²) in [5.74, 6) is 0.267. The summed E-state index contributed by atoms with van der Waals surface area (Å²) in [6.45, 7) is 0.